The molecule has 0 aliphatic rings. The third-order valence-corrected chi connectivity index (χ3v) is 5.86. The van der Waals surface area contributed by atoms with Crippen LogP contribution in [0.25, 0.3) is 11.3 Å². The number of carbonyl (C=O) groups excluding carboxylic acids is 1. The molecule has 0 saturated heterocycles. The SMILES string of the molecule is CCN(CC(=O)Nc1nc(-c2ccc(OC)cc2OC)cs1)Cc1ccc(OC)c(OC)c1. The van der Waals surface area contributed by atoms with Crippen molar-refractivity contribution in [3.05, 3.63) is 47.3 Å². The summed E-state index contributed by atoms with van der Waals surface area (Å²) in [6.07, 6.45) is 0. The minimum atomic E-state index is -0.125. The van der Waals surface area contributed by atoms with Crippen molar-refractivity contribution in [2.45, 2.75) is 13.5 Å². The molecule has 33 heavy (non-hydrogen) atoms. The summed E-state index contributed by atoms with van der Waals surface area (Å²) in [6, 6.07) is 11.3. The van der Waals surface area contributed by atoms with Crippen molar-refractivity contribution in [1.82, 2.24) is 9.88 Å². The molecule has 1 aromatic heterocycles. The summed E-state index contributed by atoms with van der Waals surface area (Å²) < 4.78 is 21.4. The van der Waals surface area contributed by atoms with Gasteiger partial charge in [0.1, 0.15) is 11.5 Å². The van der Waals surface area contributed by atoms with Gasteiger partial charge in [0.15, 0.2) is 16.6 Å². The van der Waals surface area contributed by atoms with Gasteiger partial charge in [-0.2, -0.15) is 0 Å². The summed E-state index contributed by atoms with van der Waals surface area (Å²) in [5, 5.41) is 5.33. The van der Waals surface area contributed by atoms with Crippen molar-refractivity contribution in [3.63, 3.8) is 0 Å². The first-order valence-electron chi connectivity index (χ1n) is 10.4. The van der Waals surface area contributed by atoms with Gasteiger partial charge in [-0.05, 0) is 36.4 Å². The smallest absolute Gasteiger partial charge is 0.240 e. The lowest BCUT2D eigenvalue weighted by Gasteiger charge is -2.20. The van der Waals surface area contributed by atoms with Crippen LogP contribution in [-0.4, -0.2) is 57.3 Å². The van der Waals surface area contributed by atoms with Crippen molar-refractivity contribution in [1.29, 1.82) is 0 Å². The average molecular weight is 472 g/mol. The Hall–Kier alpha value is -3.30. The van der Waals surface area contributed by atoms with E-state index in [1.165, 1.54) is 11.3 Å². The zero-order valence-corrected chi connectivity index (χ0v) is 20.3. The van der Waals surface area contributed by atoms with Gasteiger partial charge >= 0.3 is 0 Å². The van der Waals surface area contributed by atoms with Gasteiger partial charge in [0.2, 0.25) is 5.91 Å². The number of rotatable bonds is 11. The monoisotopic (exact) mass is 471 g/mol. The molecule has 8 nitrogen and oxygen atoms in total. The summed E-state index contributed by atoms with van der Waals surface area (Å²) in [6.45, 7) is 3.58. The van der Waals surface area contributed by atoms with Crippen LogP contribution in [0.1, 0.15) is 12.5 Å². The third kappa shape index (κ3) is 6.15. The molecule has 0 atom stereocenters. The van der Waals surface area contributed by atoms with E-state index < -0.39 is 0 Å². The molecule has 0 bridgehead atoms. The van der Waals surface area contributed by atoms with Crippen LogP contribution in [0, 0.1) is 0 Å². The van der Waals surface area contributed by atoms with E-state index in [4.69, 9.17) is 18.9 Å². The van der Waals surface area contributed by atoms with Gasteiger partial charge in [-0.15, -0.1) is 11.3 Å². The van der Waals surface area contributed by atoms with Crippen molar-refractivity contribution in [3.8, 4) is 34.3 Å². The van der Waals surface area contributed by atoms with E-state index in [1.54, 1.807) is 34.5 Å². The Labute approximate surface area is 198 Å². The van der Waals surface area contributed by atoms with Gasteiger partial charge in [0, 0.05) is 23.6 Å². The normalized spacial score (nSPS) is 10.7. The van der Waals surface area contributed by atoms with E-state index in [2.05, 4.69) is 10.3 Å². The number of benzene rings is 2. The lowest BCUT2D eigenvalue weighted by Crippen LogP contribution is -2.32. The Kier molecular flexibility index (Phi) is 8.51. The third-order valence-electron chi connectivity index (χ3n) is 5.10. The van der Waals surface area contributed by atoms with Crippen LogP contribution in [0.15, 0.2) is 41.8 Å². The number of hydrogen-bond donors (Lipinski definition) is 1. The Bertz CT molecular complexity index is 1090. The number of anilines is 1. The van der Waals surface area contributed by atoms with Gasteiger partial charge in [-0.1, -0.05) is 13.0 Å². The standard InChI is InChI=1S/C24H29N3O5S/c1-6-27(13-16-7-10-20(30-3)22(11-16)32-5)14-23(28)26-24-25-19(15-33-24)18-9-8-17(29-2)12-21(18)31-4/h7-12,15H,6,13-14H2,1-5H3,(H,25,26,28). The summed E-state index contributed by atoms with van der Waals surface area (Å²) in [4.78, 5) is 19.3. The molecule has 1 heterocycles. The molecule has 176 valence electrons. The van der Waals surface area contributed by atoms with Gasteiger partial charge in [0.05, 0.1) is 40.7 Å². The number of hydrogen-bond acceptors (Lipinski definition) is 8. The van der Waals surface area contributed by atoms with E-state index in [1.807, 2.05) is 47.5 Å². The molecule has 0 aliphatic heterocycles. The topological polar surface area (TPSA) is 82.2 Å². The first-order chi connectivity index (χ1) is 16.0. The Morgan fingerprint density at radius 3 is 2.39 bits per heavy atom. The van der Waals surface area contributed by atoms with Crippen molar-refractivity contribution in [2.24, 2.45) is 0 Å². The molecule has 0 aliphatic carbocycles. The number of ether oxygens (including phenoxy) is 4. The molecule has 3 aromatic rings. The number of likely N-dealkylation sites (N-methyl/N-ethyl adjacent to an activating group) is 1. The molecule has 2 aromatic carbocycles. The number of amides is 1. The lowest BCUT2D eigenvalue weighted by atomic mass is 10.1. The van der Waals surface area contributed by atoms with Gasteiger partial charge < -0.3 is 24.3 Å². The highest BCUT2D eigenvalue weighted by Crippen LogP contribution is 2.35. The molecule has 1 amide bonds. The van der Waals surface area contributed by atoms with Gasteiger partial charge in [0.25, 0.3) is 0 Å². The first kappa shape index (κ1) is 24.3. The van der Waals surface area contributed by atoms with E-state index >= 15 is 0 Å². The van der Waals surface area contributed by atoms with Crippen molar-refractivity contribution < 1.29 is 23.7 Å². The number of carbonyl (C=O) groups is 1. The molecule has 9 heteroatoms. The molecule has 0 fully saturated rings. The van der Waals surface area contributed by atoms with Crippen LogP contribution >= 0.6 is 11.3 Å². The zero-order chi connectivity index (χ0) is 23.8. The molecular formula is C24H29N3O5S. The quantitative estimate of drug-likeness (QED) is 0.446. The second-order valence-corrected chi connectivity index (χ2v) is 8.00. The molecule has 3 rings (SSSR count). The fourth-order valence-corrected chi connectivity index (χ4v) is 4.07. The van der Waals surface area contributed by atoms with E-state index in [9.17, 15) is 4.79 Å². The zero-order valence-electron chi connectivity index (χ0n) is 19.5. The van der Waals surface area contributed by atoms with Crippen molar-refractivity contribution >= 4 is 22.4 Å². The summed E-state index contributed by atoms with van der Waals surface area (Å²) >= 11 is 1.37. The highest BCUT2D eigenvalue weighted by Gasteiger charge is 2.15. The second kappa shape index (κ2) is 11.5. The average Bonchev–Trinajstić information content (AvgIpc) is 3.30. The van der Waals surface area contributed by atoms with E-state index in [-0.39, 0.29) is 12.5 Å². The maximum absolute atomic E-state index is 12.7. The predicted molar refractivity (Wildman–Crippen MR) is 130 cm³/mol. The number of aromatic nitrogens is 1. The van der Waals surface area contributed by atoms with Crippen LogP contribution in [0.2, 0.25) is 0 Å². The number of nitrogens with one attached hydrogen (secondary N) is 1. The molecular weight excluding hydrogens is 442 g/mol. The van der Waals surface area contributed by atoms with Crippen LogP contribution < -0.4 is 24.3 Å². The summed E-state index contributed by atoms with van der Waals surface area (Å²) in [5.41, 5.74) is 2.59. The summed E-state index contributed by atoms with van der Waals surface area (Å²) in [5.74, 6) is 2.58. The fraction of sp³-hybridized carbons (Fsp3) is 0.333. The number of thiazole rings is 1. The van der Waals surface area contributed by atoms with Gasteiger partial charge in [-0.3, -0.25) is 9.69 Å². The second-order valence-electron chi connectivity index (χ2n) is 7.14. The fourth-order valence-electron chi connectivity index (χ4n) is 3.34. The highest BCUT2D eigenvalue weighted by atomic mass is 32.1. The highest BCUT2D eigenvalue weighted by molar-refractivity contribution is 7.14. The van der Waals surface area contributed by atoms with Crippen LogP contribution in [-0.2, 0) is 11.3 Å². The van der Waals surface area contributed by atoms with E-state index in [0.29, 0.717) is 41.2 Å². The van der Waals surface area contributed by atoms with Crippen LogP contribution in [0.4, 0.5) is 5.13 Å². The molecule has 0 saturated carbocycles. The Morgan fingerprint density at radius 2 is 1.73 bits per heavy atom. The largest absolute Gasteiger partial charge is 0.497 e. The molecule has 0 radical (unpaired) electrons. The Balaban J connectivity index is 1.64. The van der Waals surface area contributed by atoms with Gasteiger partial charge in [-0.25, -0.2) is 4.98 Å². The minimum Gasteiger partial charge on any atom is -0.497 e. The predicted octanol–water partition coefficient (Wildman–Crippen LogP) is 4.31. The molecule has 0 spiro atoms. The number of nitrogens with zero attached hydrogens (tertiary/aromatic N) is 2. The maximum atomic E-state index is 12.7. The Morgan fingerprint density at radius 1 is 0.970 bits per heavy atom. The first-order valence-corrected chi connectivity index (χ1v) is 11.3. The van der Waals surface area contributed by atoms with E-state index in [0.717, 1.165) is 16.8 Å². The lowest BCUT2D eigenvalue weighted by molar-refractivity contribution is -0.117. The molecule has 0 unspecified atom stereocenters. The maximum Gasteiger partial charge on any atom is 0.240 e. The van der Waals surface area contributed by atoms with Crippen molar-refractivity contribution in [2.75, 3.05) is 46.8 Å². The minimum absolute atomic E-state index is 0.125. The number of methoxy groups -OCH3 is 4. The van der Waals surface area contributed by atoms with Crippen LogP contribution in [0.3, 0.4) is 0 Å². The molecule has 1 N–H and O–H groups in total. The van der Waals surface area contributed by atoms with Crippen LogP contribution in [0.5, 0.6) is 23.0 Å². The summed E-state index contributed by atoms with van der Waals surface area (Å²) in [7, 11) is 6.42.